The molecule has 1 saturated heterocycles. The van der Waals surface area contributed by atoms with Crippen molar-refractivity contribution in [1.29, 1.82) is 0 Å². The van der Waals surface area contributed by atoms with Crippen molar-refractivity contribution in [2.24, 2.45) is 5.73 Å². The van der Waals surface area contributed by atoms with Crippen molar-refractivity contribution in [2.75, 3.05) is 32.6 Å². The van der Waals surface area contributed by atoms with Crippen LogP contribution in [0, 0.1) is 6.92 Å². The summed E-state index contributed by atoms with van der Waals surface area (Å²) in [6.45, 7) is 2.49. The number of halogens is 3. The number of aromatic amines is 1. The van der Waals surface area contributed by atoms with E-state index in [0.29, 0.717) is 5.56 Å². The number of hydrogen-bond acceptors (Lipinski definition) is 7. The summed E-state index contributed by atoms with van der Waals surface area (Å²) in [7, 11) is -3.47. The molecule has 10 nitrogen and oxygen atoms in total. The number of carbonyl (C=O) groups excluding carboxylic acids is 2. The fourth-order valence-corrected chi connectivity index (χ4v) is 5.23. The van der Waals surface area contributed by atoms with Crippen molar-refractivity contribution >= 4 is 21.7 Å². The van der Waals surface area contributed by atoms with E-state index in [1.54, 1.807) is 17.1 Å². The lowest BCUT2D eigenvalue weighted by Gasteiger charge is -2.38. The Morgan fingerprint density at radius 2 is 1.71 bits per heavy atom. The number of hydrazine groups is 1. The van der Waals surface area contributed by atoms with E-state index in [9.17, 15) is 36.0 Å². The van der Waals surface area contributed by atoms with E-state index in [1.165, 1.54) is 30.1 Å². The fraction of sp³-hybridized carbons (Fsp3) is 0.296. The zero-order valence-electron chi connectivity index (χ0n) is 22.1. The predicted molar refractivity (Wildman–Crippen MR) is 143 cm³/mol. The van der Waals surface area contributed by atoms with Gasteiger partial charge in [0.05, 0.1) is 35.8 Å². The molecule has 1 aromatic heterocycles. The van der Waals surface area contributed by atoms with Crippen LogP contribution in [0.2, 0.25) is 0 Å². The number of morpholine rings is 1. The van der Waals surface area contributed by atoms with Gasteiger partial charge in [-0.15, -0.1) is 0 Å². The van der Waals surface area contributed by atoms with Gasteiger partial charge in [-0.05, 0) is 42.3 Å². The van der Waals surface area contributed by atoms with E-state index in [0.717, 1.165) is 24.5 Å². The van der Waals surface area contributed by atoms with Crippen molar-refractivity contribution < 1.29 is 35.9 Å². The molecular formula is C27H27F3N4O6S. The number of H-pyrrole nitrogens is 1. The molecule has 0 unspecified atom stereocenters. The number of aromatic nitrogens is 1. The highest BCUT2D eigenvalue weighted by Gasteiger charge is 2.34. The number of nitrogens with one attached hydrogen (secondary N) is 1. The second-order valence-electron chi connectivity index (χ2n) is 9.49. The number of nitrogens with two attached hydrogens (primary N) is 1. The average Bonchev–Trinajstić information content (AvgIpc) is 2.90. The van der Waals surface area contributed by atoms with Crippen molar-refractivity contribution in [1.82, 2.24) is 15.0 Å². The van der Waals surface area contributed by atoms with Crippen LogP contribution in [0.3, 0.4) is 0 Å². The smallest absolute Gasteiger partial charge is 0.379 e. The molecule has 1 aliphatic heterocycles. The molecule has 0 saturated carbocycles. The number of hydrogen-bond donors (Lipinski definition) is 2. The number of nitrogens with zero attached hydrogens (tertiary/aromatic N) is 2. The van der Waals surface area contributed by atoms with Crippen LogP contribution >= 0.6 is 0 Å². The number of primary amides is 1. The normalized spacial score (nSPS) is 14.6. The van der Waals surface area contributed by atoms with E-state index in [2.05, 4.69) is 4.98 Å². The lowest BCUT2D eigenvalue weighted by Crippen LogP contribution is -2.51. The number of amides is 2. The van der Waals surface area contributed by atoms with Crippen molar-refractivity contribution in [3.63, 3.8) is 0 Å². The number of sulfone groups is 1. The highest BCUT2D eigenvalue weighted by molar-refractivity contribution is 7.90. The van der Waals surface area contributed by atoms with Gasteiger partial charge in [0, 0.05) is 30.6 Å². The zero-order chi connectivity index (χ0) is 30.1. The monoisotopic (exact) mass is 592 g/mol. The summed E-state index contributed by atoms with van der Waals surface area (Å²) in [5, 5.41) is 3.02. The molecule has 1 aliphatic rings. The van der Waals surface area contributed by atoms with E-state index in [-0.39, 0.29) is 60.1 Å². The summed E-state index contributed by atoms with van der Waals surface area (Å²) in [5.74, 6) is -1.94. The first kappa shape index (κ1) is 30.0. The van der Waals surface area contributed by atoms with Crippen LogP contribution in [0.4, 0.5) is 13.2 Å². The first-order valence-corrected chi connectivity index (χ1v) is 14.3. The van der Waals surface area contributed by atoms with Gasteiger partial charge in [0.1, 0.15) is 5.56 Å². The Morgan fingerprint density at radius 1 is 1.07 bits per heavy atom. The molecule has 3 N–H and O–H groups in total. The minimum atomic E-state index is -4.73. The molecule has 1 fully saturated rings. The average molecular weight is 593 g/mol. The summed E-state index contributed by atoms with van der Waals surface area (Å²) in [6, 6.07) is 9.83. The van der Waals surface area contributed by atoms with E-state index in [1.807, 2.05) is 0 Å². The minimum Gasteiger partial charge on any atom is -0.379 e. The van der Waals surface area contributed by atoms with Crippen LogP contribution in [0.15, 0.2) is 58.2 Å². The molecule has 2 aromatic carbocycles. The molecular weight excluding hydrogens is 565 g/mol. The quantitative estimate of drug-likeness (QED) is 0.430. The van der Waals surface area contributed by atoms with Crippen LogP contribution in [-0.4, -0.2) is 67.8 Å². The maximum atomic E-state index is 14.3. The van der Waals surface area contributed by atoms with Gasteiger partial charge >= 0.3 is 6.18 Å². The molecule has 0 radical (unpaired) electrons. The number of benzene rings is 2. The molecule has 14 heteroatoms. The predicted octanol–water partition coefficient (Wildman–Crippen LogP) is 2.76. The first-order chi connectivity index (χ1) is 19.2. The third kappa shape index (κ3) is 6.50. The number of carbonyl (C=O) groups is 2. The Labute approximate surface area is 233 Å². The zero-order valence-corrected chi connectivity index (χ0v) is 22.9. The van der Waals surface area contributed by atoms with E-state index >= 15 is 0 Å². The number of aryl methyl sites for hydroxylation is 1. The molecule has 0 aliphatic carbocycles. The van der Waals surface area contributed by atoms with Crippen LogP contribution < -0.4 is 11.3 Å². The van der Waals surface area contributed by atoms with Gasteiger partial charge in [-0.1, -0.05) is 24.3 Å². The van der Waals surface area contributed by atoms with E-state index < -0.39 is 44.5 Å². The van der Waals surface area contributed by atoms with Gasteiger partial charge in [-0.3, -0.25) is 19.4 Å². The molecule has 4 rings (SSSR count). The van der Waals surface area contributed by atoms with Gasteiger partial charge in [-0.2, -0.15) is 13.2 Å². The fourth-order valence-electron chi connectivity index (χ4n) is 4.60. The Balaban J connectivity index is 1.90. The van der Waals surface area contributed by atoms with Gasteiger partial charge < -0.3 is 15.5 Å². The highest BCUT2D eigenvalue weighted by Crippen LogP contribution is 2.35. The van der Waals surface area contributed by atoms with Crippen LogP contribution in [0.1, 0.15) is 37.5 Å². The van der Waals surface area contributed by atoms with Gasteiger partial charge in [-0.25, -0.2) is 13.4 Å². The molecule has 2 heterocycles. The summed E-state index contributed by atoms with van der Waals surface area (Å²) >= 11 is 0. The summed E-state index contributed by atoms with van der Waals surface area (Å²) in [6.07, 6.45) is -3.67. The Morgan fingerprint density at radius 3 is 2.27 bits per heavy atom. The maximum absolute atomic E-state index is 14.3. The molecule has 0 atom stereocenters. The van der Waals surface area contributed by atoms with Crippen molar-refractivity contribution in [3.05, 3.63) is 86.8 Å². The number of ether oxygens (including phenoxy) is 1. The third-order valence-electron chi connectivity index (χ3n) is 6.59. The van der Waals surface area contributed by atoms with Gasteiger partial charge in [0.15, 0.2) is 9.84 Å². The van der Waals surface area contributed by atoms with Gasteiger partial charge in [0.2, 0.25) is 0 Å². The number of alkyl halides is 3. The Kier molecular flexibility index (Phi) is 8.38. The van der Waals surface area contributed by atoms with E-state index in [4.69, 9.17) is 10.5 Å². The topological polar surface area (TPSA) is 143 Å². The second kappa shape index (κ2) is 11.5. The van der Waals surface area contributed by atoms with Crippen LogP contribution in [0.5, 0.6) is 0 Å². The third-order valence-corrected chi connectivity index (χ3v) is 7.72. The molecule has 0 bridgehead atoms. The molecule has 2 amide bonds. The summed E-state index contributed by atoms with van der Waals surface area (Å²) in [5.41, 5.74) is 2.70. The lowest BCUT2D eigenvalue weighted by molar-refractivity contribution is -0.137. The lowest BCUT2D eigenvalue weighted by atomic mass is 9.92. The summed E-state index contributed by atoms with van der Waals surface area (Å²) < 4.78 is 69.9. The van der Waals surface area contributed by atoms with Crippen molar-refractivity contribution in [2.45, 2.75) is 24.5 Å². The van der Waals surface area contributed by atoms with Crippen LogP contribution in [-0.2, 0) is 27.3 Å². The highest BCUT2D eigenvalue weighted by atomic mass is 32.2. The molecule has 0 spiro atoms. The number of rotatable bonds is 7. The molecule has 41 heavy (non-hydrogen) atoms. The second-order valence-corrected chi connectivity index (χ2v) is 11.5. The molecule has 218 valence electrons. The largest absolute Gasteiger partial charge is 0.416 e. The number of pyridine rings is 1. The molecule has 3 aromatic rings. The Hall–Kier alpha value is -4.01. The van der Waals surface area contributed by atoms with Crippen molar-refractivity contribution in [3.8, 4) is 11.1 Å². The first-order valence-electron chi connectivity index (χ1n) is 12.4. The standard InChI is InChI=1S/C27H27F3N4O6S/c1-16-21(22(23(24(31)35)25(36)32-16)18-4-3-5-19(14-18)27(28,29)30)26(37)34(33-10-12-40-13-11-33)15-17-6-8-20(9-7-17)41(2,38)39/h3-9,14H,10-13,15H2,1-2H3,(H2,31,35)(H,32,36). The SMILES string of the molecule is Cc1[nH]c(=O)c(C(N)=O)c(-c2cccc(C(F)(F)F)c2)c1C(=O)N(Cc1ccc(S(C)(=O)=O)cc1)N1CCOCC1. The van der Waals surface area contributed by atoms with Crippen LogP contribution in [0.25, 0.3) is 11.1 Å². The van der Waals surface area contributed by atoms with Gasteiger partial charge in [0.25, 0.3) is 17.4 Å². The minimum absolute atomic E-state index is 0.0168. The Bertz CT molecular complexity index is 1650. The maximum Gasteiger partial charge on any atom is 0.416 e. The summed E-state index contributed by atoms with van der Waals surface area (Å²) in [4.78, 5) is 42.1.